The minimum absolute atomic E-state index is 0.0915. The molecule has 1 N–H and O–H groups in total. The lowest BCUT2D eigenvalue weighted by Crippen LogP contribution is -2.52. The molecule has 0 spiro atoms. The third-order valence-electron chi connectivity index (χ3n) is 5.81. The Kier molecular flexibility index (Phi) is 10.9. The molecule has 0 bridgehead atoms. The van der Waals surface area contributed by atoms with Gasteiger partial charge in [0.2, 0.25) is 5.91 Å². The number of aryl methyl sites for hydroxylation is 1. The van der Waals surface area contributed by atoms with Crippen molar-refractivity contribution in [2.45, 2.75) is 52.2 Å². The Bertz CT molecular complexity index is 1220. The molecule has 0 fully saturated rings. The van der Waals surface area contributed by atoms with Crippen molar-refractivity contribution < 1.29 is 14.3 Å². The van der Waals surface area contributed by atoms with Crippen LogP contribution in [-0.2, 0) is 29.0 Å². The van der Waals surface area contributed by atoms with Crippen LogP contribution in [0.2, 0.25) is 10.0 Å². The van der Waals surface area contributed by atoms with Crippen molar-refractivity contribution in [3.05, 3.63) is 97.9 Å². The van der Waals surface area contributed by atoms with Crippen molar-refractivity contribution in [3.63, 3.8) is 0 Å². The van der Waals surface area contributed by atoms with Crippen LogP contribution in [0, 0.1) is 0 Å². The fourth-order valence-electron chi connectivity index (χ4n) is 3.87. The molecular formula is C29H31BrCl2N2O3. The number of halogens is 3. The van der Waals surface area contributed by atoms with E-state index in [-0.39, 0.29) is 31.0 Å². The zero-order valence-electron chi connectivity index (χ0n) is 21.1. The van der Waals surface area contributed by atoms with E-state index in [0.717, 1.165) is 22.0 Å². The van der Waals surface area contributed by atoms with Crippen LogP contribution in [0.4, 0.5) is 0 Å². The lowest BCUT2D eigenvalue weighted by atomic mass is 10.0. The first-order valence-electron chi connectivity index (χ1n) is 12.2. The van der Waals surface area contributed by atoms with Gasteiger partial charge >= 0.3 is 0 Å². The Morgan fingerprint density at radius 3 is 2.35 bits per heavy atom. The van der Waals surface area contributed by atoms with Gasteiger partial charge in [-0.2, -0.15) is 0 Å². The predicted octanol–water partition coefficient (Wildman–Crippen LogP) is 6.86. The largest absolute Gasteiger partial charge is 0.483 e. The van der Waals surface area contributed by atoms with E-state index in [1.807, 2.05) is 62.4 Å². The molecule has 3 aromatic rings. The van der Waals surface area contributed by atoms with Crippen LogP contribution in [0.15, 0.2) is 71.2 Å². The number of amides is 2. The molecule has 8 heteroatoms. The third kappa shape index (κ3) is 8.49. The molecule has 0 aliphatic carbocycles. The fourth-order valence-corrected chi connectivity index (χ4v) is 4.88. The molecule has 0 aliphatic heterocycles. The molecule has 3 rings (SSSR count). The topological polar surface area (TPSA) is 58.6 Å². The molecular weight excluding hydrogens is 575 g/mol. The normalized spacial score (nSPS) is 11.8. The molecule has 2 amide bonds. The number of carbonyl (C=O) groups excluding carboxylic acids is 2. The number of hydrogen-bond donors (Lipinski definition) is 1. The van der Waals surface area contributed by atoms with E-state index in [4.69, 9.17) is 27.9 Å². The second-order valence-electron chi connectivity index (χ2n) is 9.03. The van der Waals surface area contributed by atoms with Gasteiger partial charge in [0.1, 0.15) is 11.8 Å². The zero-order chi connectivity index (χ0) is 26.9. The quantitative estimate of drug-likeness (QED) is 0.260. The van der Waals surface area contributed by atoms with Crippen molar-refractivity contribution in [3.8, 4) is 5.75 Å². The van der Waals surface area contributed by atoms with E-state index < -0.39 is 6.04 Å². The number of carbonyl (C=O) groups is 2. The third-order valence-corrected chi connectivity index (χ3v) is 7.02. The summed E-state index contributed by atoms with van der Waals surface area (Å²) in [6.45, 7) is 5.73. The summed E-state index contributed by atoms with van der Waals surface area (Å²) in [5.41, 5.74) is 2.77. The van der Waals surface area contributed by atoms with Gasteiger partial charge in [0.15, 0.2) is 6.61 Å². The van der Waals surface area contributed by atoms with Crippen molar-refractivity contribution in [1.29, 1.82) is 0 Å². The van der Waals surface area contributed by atoms with Gasteiger partial charge in [-0.3, -0.25) is 9.59 Å². The summed E-state index contributed by atoms with van der Waals surface area (Å²) in [5.74, 6) is -0.0237. The van der Waals surface area contributed by atoms with Crippen LogP contribution in [0.3, 0.4) is 0 Å². The first kappa shape index (κ1) is 29.0. The van der Waals surface area contributed by atoms with Crippen molar-refractivity contribution in [2.75, 3.05) is 6.61 Å². The Morgan fingerprint density at radius 1 is 1.00 bits per heavy atom. The molecule has 5 nitrogen and oxygen atoms in total. The maximum absolute atomic E-state index is 13.7. The molecule has 37 heavy (non-hydrogen) atoms. The molecule has 0 heterocycles. The van der Waals surface area contributed by atoms with Crippen LogP contribution >= 0.6 is 39.1 Å². The molecule has 3 aromatic carbocycles. The van der Waals surface area contributed by atoms with E-state index in [1.54, 1.807) is 18.2 Å². The standard InChI is InChI=1S/C29H31BrCl2N2O3/c1-4-20-10-13-27(24(30)14-20)37-18-28(35)34(17-22-11-12-23(31)16-25(22)32)26(29(36)33-19(2)3)15-21-8-6-5-7-9-21/h5-14,16,19,26H,4,15,17-18H2,1-3H3,(H,33,36)/t26-/m0/s1. The summed E-state index contributed by atoms with van der Waals surface area (Å²) in [5, 5.41) is 3.89. The molecule has 1 atom stereocenters. The summed E-state index contributed by atoms with van der Waals surface area (Å²) >= 11 is 16.1. The van der Waals surface area contributed by atoms with Crippen LogP contribution in [0.1, 0.15) is 37.5 Å². The monoisotopic (exact) mass is 604 g/mol. The van der Waals surface area contributed by atoms with Crippen molar-refractivity contribution in [2.24, 2.45) is 0 Å². The Hall–Kier alpha value is -2.54. The van der Waals surface area contributed by atoms with E-state index in [9.17, 15) is 9.59 Å². The average Bonchev–Trinajstić information content (AvgIpc) is 2.86. The van der Waals surface area contributed by atoms with Crippen molar-refractivity contribution in [1.82, 2.24) is 10.2 Å². The van der Waals surface area contributed by atoms with Gasteiger partial charge in [-0.05, 0) is 77.2 Å². The molecule has 0 radical (unpaired) electrons. The van der Waals surface area contributed by atoms with E-state index in [2.05, 4.69) is 28.2 Å². The Labute approximate surface area is 237 Å². The molecule has 0 aliphatic rings. The molecule has 0 saturated carbocycles. The lowest BCUT2D eigenvalue weighted by molar-refractivity contribution is -0.143. The summed E-state index contributed by atoms with van der Waals surface area (Å²) in [7, 11) is 0. The van der Waals surface area contributed by atoms with Gasteiger partial charge in [-0.1, -0.05) is 72.6 Å². The molecule has 196 valence electrons. The van der Waals surface area contributed by atoms with Gasteiger partial charge < -0.3 is 15.0 Å². The average molecular weight is 606 g/mol. The summed E-state index contributed by atoms with van der Waals surface area (Å²) in [6, 6.07) is 19.6. The van der Waals surface area contributed by atoms with Crippen LogP contribution in [-0.4, -0.2) is 35.4 Å². The van der Waals surface area contributed by atoms with Gasteiger partial charge in [0, 0.05) is 29.1 Å². The smallest absolute Gasteiger partial charge is 0.261 e. The second-order valence-corrected chi connectivity index (χ2v) is 10.7. The fraction of sp³-hybridized carbons (Fsp3) is 0.310. The van der Waals surface area contributed by atoms with Gasteiger partial charge in [0.05, 0.1) is 4.47 Å². The van der Waals surface area contributed by atoms with E-state index >= 15 is 0 Å². The maximum Gasteiger partial charge on any atom is 0.261 e. The first-order chi connectivity index (χ1) is 17.7. The highest BCUT2D eigenvalue weighted by molar-refractivity contribution is 9.10. The second kappa shape index (κ2) is 13.8. The van der Waals surface area contributed by atoms with Gasteiger partial charge in [0.25, 0.3) is 5.91 Å². The molecule has 0 saturated heterocycles. The minimum Gasteiger partial charge on any atom is -0.483 e. The maximum atomic E-state index is 13.7. The van der Waals surface area contributed by atoms with Gasteiger partial charge in [-0.15, -0.1) is 0 Å². The zero-order valence-corrected chi connectivity index (χ0v) is 24.2. The van der Waals surface area contributed by atoms with Crippen LogP contribution < -0.4 is 10.1 Å². The molecule has 0 unspecified atom stereocenters. The highest BCUT2D eigenvalue weighted by Crippen LogP contribution is 2.27. The highest BCUT2D eigenvalue weighted by Gasteiger charge is 2.31. The number of nitrogens with one attached hydrogen (secondary N) is 1. The Morgan fingerprint density at radius 2 is 1.73 bits per heavy atom. The van der Waals surface area contributed by atoms with Crippen LogP contribution in [0.25, 0.3) is 0 Å². The number of benzene rings is 3. The summed E-state index contributed by atoms with van der Waals surface area (Å²) < 4.78 is 6.67. The first-order valence-corrected chi connectivity index (χ1v) is 13.7. The summed E-state index contributed by atoms with van der Waals surface area (Å²) in [4.78, 5) is 28.7. The van der Waals surface area contributed by atoms with Gasteiger partial charge in [-0.25, -0.2) is 0 Å². The molecule has 0 aromatic heterocycles. The van der Waals surface area contributed by atoms with Crippen molar-refractivity contribution >= 4 is 50.9 Å². The lowest BCUT2D eigenvalue weighted by Gasteiger charge is -2.32. The van der Waals surface area contributed by atoms with Crippen LogP contribution in [0.5, 0.6) is 5.75 Å². The number of rotatable bonds is 11. The highest BCUT2D eigenvalue weighted by atomic mass is 79.9. The summed E-state index contributed by atoms with van der Waals surface area (Å²) in [6.07, 6.45) is 1.23. The number of ether oxygens (including phenoxy) is 1. The Balaban J connectivity index is 1.94. The van der Waals surface area contributed by atoms with E-state index in [0.29, 0.717) is 27.8 Å². The number of nitrogens with zero attached hydrogens (tertiary/aromatic N) is 1. The predicted molar refractivity (Wildman–Crippen MR) is 153 cm³/mol. The van der Waals surface area contributed by atoms with E-state index in [1.165, 1.54) is 4.90 Å². The minimum atomic E-state index is -0.779. The SMILES string of the molecule is CCc1ccc(OCC(=O)N(Cc2ccc(Cl)cc2Cl)[C@@H](Cc2ccccc2)C(=O)NC(C)C)c(Br)c1. The number of hydrogen-bond acceptors (Lipinski definition) is 3.